The monoisotopic (exact) mass is 275 g/mol. The Balaban J connectivity index is 1.75. The van der Waals surface area contributed by atoms with Gasteiger partial charge in [-0.25, -0.2) is 9.97 Å². The van der Waals surface area contributed by atoms with Crippen LogP contribution in [0.4, 0.5) is 5.82 Å². The van der Waals surface area contributed by atoms with Crippen molar-refractivity contribution in [2.75, 3.05) is 11.9 Å². The van der Waals surface area contributed by atoms with Crippen molar-refractivity contribution in [3.8, 4) is 0 Å². The largest absolute Gasteiger partial charge is 0.389 e. The van der Waals surface area contributed by atoms with Gasteiger partial charge in [-0.2, -0.15) is 0 Å². The predicted molar refractivity (Wildman–Crippen MR) is 80.1 cm³/mol. The van der Waals surface area contributed by atoms with E-state index in [4.69, 9.17) is 18.0 Å². The van der Waals surface area contributed by atoms with Crippen LogP contribution in [0.1, 0.15) is 18.4 Å². The van der Waals surface area contributed by atoms with E-state index >= 15 is 0 Å². The molecule has 2 heterocycles. The van der Waals surface area contributed by atoms with Crippen molar-refractivity contribution in [3.63, 3.8) is 0 Å². The molecule has 0 aliphatic rings. The SMILES string of the molecule is NC(=S)c1cccnc1NCCCCn1ccnc1. The van der Waals surface area contributed by atoms with E-state index in [1.165, 1.54) is 0 Å². The van der Waals surface area contributed by atoms with Gasteiger partial charge in [0.25, 0.3) is 0 Å². The molecule has 0 aromatic carbocycles. The summed E-state index contributed by atoms with van der Waals surface area (Å²) < 4.78 is 2.07. The van der Waals surface area contributed by atoms with Gasteiger partial charge in [-0.15, -0.1) is 0 Å². The summed E-state index contributed by atoms with van der Waals surface area (Å²) in [6.45, 7) is 1.83. The first kappa shape index (κ1) is 13.5. The Morgan fingerprint density at radius 3 is 3.00 bits per heavy atom. The Morgan fingerprint density at radius 1 is 1.37 bits per heavy atom. The summed E-state index contributed by atoms with van der Waals surface area (Å²) in [5.74, 6) is 0.762. The second-order valence-electron chi connectivity index (χ2n) is 4.20. The van der Waals surface area contributed by atoms with Crippen LogP contribution in [0.15, 0.2) is 37.1 Å². The number of thiocarbonyl (C=S) groups is 1. The molecule has 0 saturated heterocycles. The topological polar surface area (TPSA) is 68.8 Å². The third-order valence-electron chi connectivity index (χ3n) is 2.77. The Bertz CT molecular complexity index is 524. The lowest BCUT2D eigenvalue weighted by Gasteiger charge is -2.09. The summed E-state index contributed by atoms with van der Waals surface area (Å²) >= 11 is 4.99. The van der Waals surface area contributed by atoms with Crippen molar-refractivity contribution in [1.82, 2.24) is 14.5 Å². The molecule has 6 heteroatoms. The van der Waals surface area contributed by atoms with E-state index in [2.05, 4.69) is 19.9 Å². The molecule has 0 amide bonds. The molecule has 2 rings (SSSR count). The van der Waals surface area contributed by atoms with Crippen molar-refractivity contribution < 1.29 is 0 Å². The fourth-order valence-electron chi connectivity index (χ4n) is 1.79. The van der Waals surface area contributed by atoms with Crippen LogP contribution in [-0.2, 0) is 6.54 Å². The number of pyridine rings is 1. The Kier molecular flexibility index (Phi) is 4.85. The lowest BCUT2D eigenvalue weighted by molar-refractivity contribution is 0.620. The molecule has 0 radical (unpaired) electrons. The molecule has 100 valence electrons. The van der Waals surface area contributed by atoms with Crippen molar-refractivity contribution in [3.05, 3.63) is 42.6 Å². The number of unbranched alkanes of at least 4 members (excludes halogenated alkanes) is 1. The molecule has 0 aliphatic carbocycles. The predicted octanol–water partition coefficient (Wildman–Crippen LogP) is 1.80. The quantitative estimate of drug-likeness (QED) is 0.596. The van der Waals surface area contributed by atoms with Gasteiger partial charge in [0.1, 0.15) is 10.8 Å². The fourth-order valence-corrected chi connectivity index (χ4v) is 1.95. The molecule has 0 fully saturated rings. The molecule has 0 unspecified atom stereocenters. The van der Waals surface area contributed by atoms with Gasteiger partial charge in [0.05, 0.1) is 11.9 Å². The molecule has 19 heavy (non-hydrogen) atoms. The minimum Gasteiger partial charge on any atom is -0.389 e. The van der Waals surface area contributed by atoms with E-state index in [1.54, 1.807) is 12.4 Å². The highest BCUT2D eigenvalue weighted by Crippen LogP contribution is 2.11. The number of anilines is 1. The third kappa shape index (κ3) is 4.03. The first-order chi connectivity index (χ1) is 9.27. The van der Waals surface area contributed by atoms with Crippen LogP contribution in [0.5, 0.6) is 0 Å². The number of aromatic nitrogens is 3. The van der Waals surface area contributed by atoms with E-state index in [-0.39, 0.29) is 0 Å². The van der Waals surface area contributed by atoms with Crippen molar-refractivity contribution in [2.45, 2.75) is 19.4 Å². The number of hydrogen-bond acceptors (Lipinski definition) is 4. The molecule has 0 atom stereocenters. The number of nitrogens with one attached hydrogen (secondary N) is 1. The van der Waals surface area contributed by atoms with E-state index in [0.29, 0.717) is 4.99 Å². The van der Waals surface area contributed by atoms with Crippen LogP contribution >= 0.6 is 12.2 Å². The molecule has 0 bridgehead atoms. The van der Waals surface area contributed by atoms with Crippen molar-refractivity contribution in [2.24, 2.45) is 5.73 Å². The van der Waals surface area contributed by atoms with E-state index in [1.807, 2.05) is 24.7 Å². The van der Waals surface area contributed by atoms with E-state index in [9.17, 15) is 0 Å². The minimum atomic E-state index is 0.369. The van der Waals surface area contributed by atoms with E-state index in [0.717, 1.165) is 37.3 Å². The zero-order chi connectivity index (χ0) is 13.5. The summed E-state index contributed by atoms with van der Waals surface area (Å²) in [5.41, 5.74) is 6.45. The zero-order valence-corrected chi connectivity index (χ0v) is 11.4. The lowest BCUT2D eigenvalue weighted by atomic mass is 10.2. The lowest BCUT2D eigenvalue weighted by Crippen LogP contribution is -2.15. The van der Waals surface area contributed by atoms with Gasteiger partial charge in [0.2, 0.25) is 0 Å². The van der Waals surface area contributed by atoms with Crippen LogP contribution in [-0.4, -0.2) is 26.1 Å². The average molecular weight is 275 g/mol. The first-order valence-corrected chi connectivity index (χ1v) is 6.62. The average Bonchev–Trinajstić information content (AvgIpc) is 2.92. The minimum absolute atomic E-state index is 0.369. The Labute approximate surface area is 117 Å². The van der Waals surface area contributed by atoms with Gasteiger partial charge in [0, 0.05) is 31.7 Å². The van der Waals surface area contributed by atoms with E-state index < -0.39 is 0 Å². The molecule has 0 saturated carbocycles. The summed E-state index contributed by atoms with van der Waals surface area (Å²) in [6, 6.07) is 3.71. The standard InChI is InChI=1S/C13H17N5S/c14-12(19)11-4-3-6-17-13(11)16-5-1-2-8-18-9-7-15-10-18/h3-4,6-7,9-10H,1-2,5,8H2,(H2,14,19)(H,16,17). The first-order valence-electron chi connectivity index (χ1n) is 6.22. The van der Waals surface area contributed by atoms with Gasteiger partial charge in [-0.05, 0) is 25.0 Å². The summed E-state index contributed by atoms with van der Waals surface area (Å²) in [6.07, 6.45) is 9.45. The normalized spacial score (nSPS) is 10.3. The van der Waals surface area contributed by atoms with Crippen molar-refractivity contribution in [1.29, 1.82) is 0 Å². The number of rotatable bonds is 7. The van der Waals surface area contributed by atoms with Crippen LogP contribution in [0.2, 0.25) is 0 Å². The zero-order valence-electron chi connectivity index (χ0n) is 10.6. The number of aryl methyl sites for hydroxylation is 1. The molecule has 2 aromatic heterocycles. The van der Waals surface area contributed by atoms with Gasteiger partial charge >= 0.3 is 0 Å². The van der Waals surface area contributed by atoms with Crippen LogP contribution < -0.4 is 11.1 Å². The maximum atomic E-state index is 5.65. The number of hydrogen-bond donors (Lipinski definition) is 2. The second-order valence-corrected chi connectivity index (χ2v) is 4.64. The Morgan fingerprint density at radius 2 is 2.26 bits per heavy atom. The summed E-state index contributed by atoms with van der Waals surface area (Å²) in [5, 5.41) is 3.27. The highest BCUT2D eigenvalue weighted by Gasteiger charge is 2.04. The second kappa shape index (κ2) is 6.84. The summed E-state index contributed by atoms with van der Waals surface area (Å²) in [7, 11) is 0. The molecule has 3 N–H and O–H groups in total. The molecular weight excluding hydrogens is 258 g/mol. The van der Waals surface area contributed by atoms with Crippen LogP contribution in [0.3, 0.4) is 0 Å². The highest BCUT2D eigenvalue weighted by molar-refractivity contribution is 7.80. The van der Waals surface area contributed by atoms with Gasteiger partial charge in [-0.1, -0.05) is 12.2 Å². The third-order valence-corrected chi connectivity index (χ3v) is 2.99. The van der Waals surface area contributed by atoms with Gasteiger partial charge < -0.3 is 15.6 Å². The van der Waals surface area contributed by atoms with Crippen LogP contribution in [0.25, 0.3) is 0 Å². The summed E-state index contributed by atoms with van der Waals surface area (Å²) in [4.78, 5) is 8.63. The van der Waals surface area contributed by atoms with Crippen LogP contribution in [0, 0.1) is 0 Å². The molecule has 0 aliphatic heterocycles. The molecule has 0 spiro atoms. The molecule has 5 nitrogen and oxygen atoms in total. The maximum Gasteiger partial charge on any atom is 0.136 e. The van der Waals surface area contributed by atoms with Gasteiger partial charge in [-0.3, -0.25) is 0 Å². The number of nitrogens with zero attached hydrogens (tertiary/aromatic N) is 3. The fraction of sp³-hybridized carbons (Fsp3) is 0.308. The Hall–Kier alpha value is -1.95. The molecule has 2 aromatic rings. The van der Waals surface area contributed by atoms with Crippen molar-refractivity contribution >= 4 is 23.0 Å². The number of nitrogens with two attached hydrogens (primary N) is 1. The maximum absolute atomic E-state index is 5.65. The number of imidazole rings is 1. The van der Waals surface area contributed by atoms with Gasteiger partial charge in [0.15, 0.2) is 0 Å². The molecular formula is C13H17N5S. The highest BCUT2D eigenvalue weighted by atomic mass is 32.1. The smallest absolute Gasteiger partial charge is 0.136 e.